The average Bonchev–Trinajstić information content (AvgIpc) is 2.16. The van der Waals surface area contributed by atoms with Crippen molar-refractivity contribution in [1.82, 2.24) is 4.90 Å². The fraction of sp³-hybridized carbons (Fsp3) is 1.00. The lowest BCUT2D eigenvalue weighted by atomic mass is 9.90. The van der Waals surface area contributed by atoms with E-state index in [-0.39, 0.29) is 11.6 Å². The molecule has 1 heterocycles. The van der Waals surface area contributed by atoms with Crippen molar-refractivity contribution in [2.24, 2.45) is 5.11 Å². The third-order valence-corrected chi connectivity index (χ3v) is 3.22. The van der Waals surface area contributed by atoms with Gasteiger partial charge in [-0.2, -0.15) is 0 Å². The maximum Gasteiger partial charge on any atom is 0.0530 e. The highest BCUT2D eigenvalue weighted by atomic mass is 15.3. The van der Waals surface area contributed by atoms with E-state index in [9.17, 15) is 0 Å². The van der Waals surface area contributed by atoms with Crippen LogP contribution in [0.3, 0.4) is 0 Å². The third kappa shape index (κ3) is 2.86. The molecular formula is C11H22N4. The summed E-state index contributed by atoms with van der Waals surface area (Å²) in [5.41, 5.74) is 8.73. The molecule has 86 valence electrons. The van der Waals surface area contributed by atoms with E-state index in [0.717, 1.165) is 25.8 Å². The Morgan fingerprint density at radius 3 is 2.60 bits per heavy atom. The molecule has 0 aliphatic carbocycles. The Kier molecular flexibility index (Phi) is 4.00. The van der Waals surface area contributed by atoms with Crippen molar-refractivity contribution in [2.75, 3.05) is 6.54 Å². The van der Waals surface area contributed by atoms with Gasteiger partial charge in [0.25, 0.3) is 0 Å². The van der Waals surface area contributed by atoms with Gasteiger partial charge >= 0.3 is 0 Å². The van der Waals surface area contributed by atoms with E-state index in [4.69, 9.17) is 5.53 Å². The lowest BCUT2D eigenvalue weighted by molar-refractivity contribution is 0.0375. The van der Waals surface area contributed by atoms with Crippen LogP contribution in [0.1, 0.15) is 47.0 Å². The van der Waals surface area contributed by atoms with Crippen LogP contribution < -0.4 is 0 Å². The first-order chi connectivity index (χ1) is 7.00. The Morgan fingerprint density at radius 2 is 2.13 bits per heavy atom. The SMILES string of the molecule is CCC1C(N=[N+]=[N-])CCCN1C(C)(C)C. The topological polar surface area (TPSA) is 52.0 Å². The molecule has 1 rings (SSSR count). The summed E-state index contributed by atoms with van der Waals surface area (Å²) in [6, 6.07) is 0.572. The summed E-state index contributed by atoms with van der Waals surface area (Å²) in [4.78, 5) is 5.45. The van der Waals surface area contributed by atoms with Crippen molar-refractivity contribution in [3.8, 4) is 0 Å². The molecule has 0 spiro atoms. The van der Waals surface area contributed by atoms with Crippen LogP contribution >= 0.6 is 0 Å². The first kappa shape index (κ1) is 12.3. The maximum atomic E-state index is 8.56. The van der Waals surface area contributed by atoms with Gasteiger partial charge in [-0.25, -0.2) is 0 Å². The van der Waals surface area contributed by atoms with Crippen LogP contribution in [-0.4, -0.2) is 29.1 Å². The molecule has 0 saturated carbocycles. The van der Waals surface area contributed by atoms with Gasteiger partial charge in [0.1, 0.15) is 0 Å². The van der Waals surface area contributed by atoms with Crippen molar-refractivity contribution in [2.45, 2.75) is 64.6 Å². The Hall–Kier alpha value is -0.730. The van der Waals surface area contributed by atoms with Crippen LogP contribution in [0.2, 0.25) is 0 Å². The molecule has 15 heavy (non-hydrogen) atoms. The molecule has 1 aliphatic heterocycles. The molecule has 0 N–H and O–H groups in total. The third-order valence-electron chi connectivity index (χ3n) is 3.22. The molecule has 1 aliphatic rings. The molecule has 1 saturated heterocycles. The minimum Gasteiger partial charge on any atom is -0.295 e. The van der Waals surface area contributed by atoms with Crippen LogP contribution in [0.5, 0.6) is 0 Å². The van der Waals surface area contributed by atoms with E-state index in [1.54, 1.807) is 0 Å². The molecule has 1 fully saturated rings. The van der Waals surface area contributed by atoms with Gasteiger partial charge < -0.3 is 0 Å². The highest BCUT2D eigenvalue weighted by Crippen LogP contribution is 2.29. The van der Waals surface area contributed by atoms with Crippen LogP contribution in [0.15, 0.2) is 5.11 Å². The van der Waals surface area contributed by atoms with E-state index >= 15 is 0 Å². The predicted molar refractivity (Wildman–Crippen MR) is 62.7 cm³/mol. The van der Waals surface area contributed by atoms with Crippen molar-refractivity contribution in [3.05, 3.63) is 10.4 Å². The summed E-state index contributed by atoms with van der Waals surface area (Å²) in [5, 5.41) is 3.94. The van der Waals surface area contributed by atoms with Crippen molar-refractivity contribution < 1.29 is 0 Å². The second kappa shape index (κ2) is 4.86. The average molecular weight is 210 g/mol. The largest absolute Gasteiger partial charge is 0.295 e. The maximum absolute atomic E-state index is 8.56. The Labute approximate surface area is 92.3 Å². The molecular weight excluding hydrogens is 188 g/mol. The highest BCUT2D eigenvalue weighted by Gasteiger charge is 2.35. The normalized spacial score (nSPS) is 28.5. The molecule has 2 atom stereocenters. The standard InChI is InChI=1S/C11H22N4/c1-5-10-9(13-14-12)7-6-8-15(10)11(2,3)4/h9-10H,5-8H2,1-4H3. The van der Waals surface area contributed by atoms with E-state index in [1.165, 1.54) is 0 Å². The van der Waals surface area contributed by atoms with Gasteiger partial charge in [-0.3, -0.25) is 4.90 Å². The number of hydrogen-bond acceptors (Lipinski definition) is 2. The Balaban J connectivity index is 2.84. The molecule has 0 aromatic heterocycles. The van der Waals surface area contributed by atoms with Crippen LogP contribution in [0.4, 0.5) is 0 Å². The lowest BCUT2D eigenvalue weighted by Crippen LogP contribution is -2.55. The fourth-order valence-electron chi connectivity index (χ4n) is 2.56. The Morgan fingerprint density at radius 1 is 1.47 bits per heavy atom. The summed E-state index contributed by atoms with van der Waals surface area (Å²) >= 11 is 0. The first-order valence-electron chi connectivity index (χ1n) is 5.81. The number of azide groups is 1. The highest BCUT2D eigenvalue weighted by molar-refractivity contribution is 4.93. The second-order valence-electron chi connectivity index (χ2n) is 5.25. The monoisotopic (exact) mass is 210 g/mol. The van der Waals surface area contributed by atoms with Crippen molar-refractivity contribution in [1.29, 1.82) is 0 Å². The van der Waals surface area contributed by atoms with E-state index < -0.39 is 0 Å². The van der Waals surface area contributed by atoms with Crippen molar-refractivity contribution >= 4 is 0 Å². The van der Waals surface area contributed by atoms with Gasteiger partial charge in [0.2, 0.25) is 0 Å². The molecule has 2 unspecified atom stereocenters. The molecule has 0 aromatic carbocycles. The number of hydrogen-bond donors (Lipinski definition) is 0. The second-order valence-corrected chi connectivity index (χ2v) is 5.25. The summed E-state index contributed by atoms with van der Waals surface area (Å²) in [5.74, 6) is 0. The summed E-state index contributed by atoms with van der Waals surface area (Å²) in [6.45, 7) is 9.99. The number of rotatable bonds is 2. The van der Waals surface area contributed by atoms with E-state index in [0.29, 0.717) is 6.04 Å². The van der Waals surface area contributed by atoms with Gasteiger partial charge in [-0.05, 0) is 52.1 Å². The van der Waals surface area contributed by atoms with Crippen LogP contribution in [0, 0.1) is 0 Å². The number of nitrogens with zero attached hydrogens (tertiary/aromatic N) is 4. The van der Waals surface area contributed by atoms with Crippen LogP contribution in [0.25, 0.3) is 10.4 Å². The predicted octanol–water partition coefficient (Wildman–Crippen LogP) is 3.34. The molecule has 4 nitrogen and oxygen atoms in total. The lowest BCUT2D eigenvalue weighted by Gasteiger charge is -2.47. The number of piperidine rings is 1. The minimum absolute atomic E-state index is 0.160. The first-order valence-corrected chi connectivity index (χ1v) is 5.81. The zero-order valence-corrected chi connectivity index (χ0v) is 10.3. The smallest absolute Gasteiger partial charge is 0.0530 e. The number of likely N-dealkylation sites (tertiary alicyclic amines) is 1. The Bertz CT molecular complexity index is 250. The summed E-state index contributed by atoms with van der Waals surface area (Å²) in [6.07, 6.45) is 3.23. The molecule has 4 heteroatoms. The van der Waals surface area contributed by atoms with Crippen molar-refractivity contribution in [3.63, 3.8) is 0 Å². The van der Waals surface area contributed by atoms with Gasteiger partial charge in [0.05, 0.1) is 6.04 Å². The zero-order chi connectivity index (χ0) is 11.5. The fourth-order valence-corrected chi connectivity index (χ4v) is 2.56. The quantitative estimate of drug-likeness (QED) is 0.392. The summed E-state index contributed by atoms with van der Waals surface area (Å²) in [7, 11) is 0. The van der Waals surface area contributed by atoms with E-state index in [2.05, 4.69) is 42.6 Å². The molecule has 0 radical (unpaired) electrons. The molecule has 0 amide bonds. The van der Waals surface area contributed by atoms with Gasteiger partial charge in [0.15, 0.2) is 0 Å². The molecule has 0 bridgehead atoms. The van der Waals surface area contributed by atoms with E-state index in [1.807, 2.05) is 0 Å². The van der Waals surface area contributed by atoms with Gasteiger partial charge in [-0.1, -0.05) is 12.0 Å². The van der Waals surface area contributed by atoms with Gasteiger partial charge in [-0.15, -0.1) is 0 Å². The zero-order valence-electron chi connectivity index (χ0n) is 10.3. The minimum atomic E-state index is 0.160. The van der Waals surface area contributed by atoms with Crippen LogP contribution in [-0.2, 0) is 0 Å². The summed E-state index contributed by atoms with van der Waals surface area (Å²) < 4.78 is 0. The van der Waals surface area contributed by atoms with Gasteiger partial charge in [0, 0.05) is 16.5 Å². The molecule has 0 aromatic rings.